The molecule has 1 aromatic rings. The van der Waals surface area contributed by atoms with Crippen LogP contribution in [0.3, 0.4) is 0 Å². The first-order valence-electron chi connectivity index (χ1n) is 8.43. The maximum atomic E-state index is 5.72. The summed E-state index contributed by atoms with van der Waals surface area (Å²) < 4.78 is 2.35. The van der Waals surface area contributed by atoms with Crippen molar-refractivity contribution in [2.75, 3.05) is 6.54 Å². The molecule has 2 rings (SSSR count). The lowest BCUT2D eigenvalue weighted by Gasteiger charge is -2.24. The predicted octanol–water partition coefficient (Wildman–Crippen LogP) is 3.48. The van der Waals surface area contributed by atoms with E-state index in [1.165, 1.54) is 57.2 Å². The van der Waals surface area contributed by atoms with Crippen LogP contribution in [0.1, 0.15) is 76.6 Å². The number of rotatable bonds is 8. The van der Waals surface area contributed by atoms with E-state index in [1.807, 2.05) is 6.33 Å². The summed E-state index contributed by atoms with van der Waals surface area (Å²) in [7, 11) is 0. The second-order valence-corrected chi connectivity index (χ2v) is 6.22. The smallest absolute Gasteiger partial charge is 0.133 e. The van der Waals surface area contributed by atoms with Gasteiger partial charge in [-0.25, -0.2) is 0 Å². The van der Waals surface area contributed by atoms with Gasteiger partial charge in [-0.15, -0.1) is 10.2 Å². The number of aromatic nitrogens is 3. The molecule has 2 N–H and O–H groups in total. The molecule has 1 fully saturated rings. The van der Waals surface area contributed by atoms with Crippen molar-refractivity contribution in [1.82, 2.24) is 14.8 Å². The zero-order valence-corrected chi connectivity index (χ0v) is 12.9. The normalized spacial score (nSPS) is 18.3. The minimum atomic E-state index is 0.646. The summed E-state index contributed by atoms with van der Waals surface area (Å²) in [4.78, 5) is 0. The van der Waals surface area contributed by atoms with Crippen LogP contribution in [0, 0.1) is 5.92 Å². The van der Waals surface area contributed by atoms with Crippen LogP contribution in [0.2, 0.25) is 0 Å². The van der Waals surface area contributed by atoms with Crippen molar-refractivity contribution >= 4 is 0 Å². The quantitative estimate of drug-likeness (QED) is 0.792. The Hall–Kier alpha value is -0.900. The maximum Gasteiger partial charge on any atom is 0.133 e. The zero-order valence-electron chi connectivity index (χ0n) is 12.9. The molecule has 0 amide bonds. The number of hydrogen-bond acceptors (Lipinski definition) is 3. The Bertz CT molecular complexity index is 362. The molecule has 20 heavy (non-hydrogen) atoms. The van der Waals surface area contributed by atoms with Crippen molar-refractivity contribution in [3.8, 4) is 0 Å². The molecule has 0 aliphatic heterocycles. The second kappa shape index (κ2) is 8.40. The topological polar surface area (TPSA) is 56.7 Å². The van der Waals surface area contributed by atoms with E-state index in [0.29, 0.717) is 6.04 Å². The highest BCUT2D eigenvalue weighted by Crippen LogP contribution is 2.29. The number of nitrogens with zero attached hydrogens (tertiary/aromatic N) is 3. The van der Waals surface area contributed by atoms with Crippen LogP contribution in [0.25, 0.3) is 0 Å². The van der Waals surface area contributed by atoms with Crippen LogP contribution < -0.4 is 5.73 Å². The minimum absolute atomic E-state index is 0.646. The van der Waals surface area contributed by atoms with E-state index in [-0.39, 0.29) is 0 Å². The van der Waals surface area contributed by atoms with Crippen molar-refractivity contribution in [2.45, 2.75) is 77.2 Å². The predicted molar refractivity (Wildman–Crippen MR) is 82.5 cm³/mol. The molecule has 4 nitrogen and oxygen atoms in total. The van der Waals surface area contributed by atoms with Gasteiger partial charge in [-0.3, -0.25) is 0 Å². The van der Waals surface area contributed by atoms with Gasteiger partial charge in [0.25, 0.3) is 0 Å². The van der Waals surface area contributed by atoms with Gasteiger partial charge in [0.1, 0.15) is 12.2 Å². The first-order chi connectivity index (χ1) is 9.85. The van der Waals surface area contributed by atoms with Crippen molar-refractivity contribution < 1.29 is 0 Å². The van der Waals surface area contributed by atoms with Gasteiger partial charge in [0.05, 0.1) is 0 Å². The Balaban J connectivity index is 1.90. The third-order valence-corrected chi connectivity index (χ3v) is 4.66. The van der Waals surface area contributed by atoms with Crippen LogP contribution in [-0.2, 0) is 6.42 Å². The third-order valence-electron chi connectivity index (χ3n) is 4.66. The molecular formula is C16H30N4. The molecule has 0 spiro atoms. The van der Waals surface area contributed by atoms with Crippen molar-refractivity contribution in [3.63, 3.8) is 0 Å². The summed E-state index contributed by atoms with van der Waals surface area (Å²) in [6.07, 6.45) is 14.6. The average Bonchev–Trinajstić information content (AvgIpc) is 2.94. The Morgan fingerprint density at radius 2 is 2.05 bits per heavy atom. The maximum absolute atomic E-state index is 5.72. The number of nitrogens with two attached hydrogens (primary N) is 1. The molecule has 1 unspecified atom stereocenters. The average molecular weight is 278 g/mol. The first-order valence-corrected chi connectivity index (χ1v) is 8.43. The van der Waals surface area contributed by atoms with Gasteiger partial charge in [0, 0.05) is 12.5 Å². The molecule has 1 heterocycles. The SMILES string of the molecule is CCCC(CCN)CCc1nncn1C1CCCCC1. The summed E-state index contributed by atoms with van der Waals surface area (Å²) in [5.41, 5.74) is 5.72. The lowest BCUT2D eigenvalue weighted by atomic mass is 9.93. The van der Waals surface area contributed by atoms with E-state index in [1.54, 1.807) is 0 Å². The van der Waals surface area contributed by atoms with Crippen LogP contribution in [0.15, 0.2) is 6.33 Å². The largest absolute Gasteiger partial charge is 0.330 e. The molecule has 1 saturated carbocycles. The molecule has 0 aromatic carbocycles. The highest BCUT2D eigenvalue weighted by Gasteiger charge is 2.19. The van der Waals surface area contributed by atoms with Gasteiger partial charge in [-0.1, -0.05) is 39.0 Å². The Morgan fingerprint density at radius 1 is 1.25 bits per heavy atom. The van der Waals surface area contributed by atoms with Gasteiger partial charge < -0.3 is 10.3 Å². The number of aryl methyl sites for hydroxylation is 1. The zero-order chi connectivity index (χ0) is 14.2. The van der Waals surface area contributed by atoms with E-state index < -0.39 is 0 Å². The molecule has 0 radical (unpaired) electrons. The number of hydrogen-bond donors (Lipinski definition) is 1. The summed E-state index contributed by atoms with van der Waals surface area (Å²) in [5.74, 6) is 1.94. The van der Waals surface area contributed by atoms with Crippen molar-refractivity contribution in [3.05, 3.63) is 12.2 Å². The minimum Gasteiger partial charge on any atom is -0.330 e. The molecule has 4 heteroatoms. The highest BCUT2D eigenvalue weighted by atomic mass is 15.3. The van der Waals surface area contributed by atoms with Gasteiger partial charge in [0.2, 0.25) is 0 Å². The summed E-state index contributed by atoms with van der Waals surface area (Å²) in [6, 6.07) is 0.646. The second-order valence-electron chi connectivity index (χ2n) is 6.22. The van der Waals surface area contributed by atoms with Gasteiger partial charge >= 0.3 is 0 Å². The van der Waals surface area contributed by atoms with Crippen LogP contribution in [-0.4, -0.2) is 21.3 Å². The van der Waals surface area contributed by atoms with E-state index in [9.17, 15) is 0 Å². The van der Waals surface area contributed by atoms with E-state index in [2.05, 4.69) is 21.7 Å². The van der Waals surface area contributed by atoms with Gasteiger partial charge in [0.15, 0.2) is 0 Å². The van der Waals surface area contributed by atoms with Gasteiger partial charge in [-0.05, 0) is 38.1 Å². The van der Waals surface area contributed by atoms with Gasteiger partial charge in [-0.2, -0.15) is 0 Å². The van der Waals surface area contributed by atoms with Crippen molar-refractivity contribution in [2.24, 2.45) is 11.7 Å². The summed E-state index contributed by atoms with van der Waals surface area (Å²) in [6.45, 7) is 3.06. The molecule has 1 atom stereocenters. The van der Waals surface area contributed by atoms with Crippen LogP contribution in [0.5, 0.6) is 0 Å². The van der Waals surface area contributed by atoms with E-state index in [0.717, 1.165) is 25.3 Å². The van der Waals surface area contributed by atoms with E-state index >= 15 is 0 Å². The fourth-order valence-corrected chi connectivity index (χ4v) is 3.52. The Labute approximate surface area is 123 Å². The van der Waals surface area contributed by atoms with Crippen molar-refractivity contribution in [1.29, 1.82) is 0 Å². The molecule has 1 aliphatic carbocycles. The fourth-order valence-electron chi connectivity index (χ4n) is 3.52. The van der Waals surface area contributed by atoms with E-state index in [4.69, 9.17) is 5.73 Å². The molecule has 0 bridgehead atoms. The van der Waals surface area contributed by atoms with Crippen LogP contribution in [0.4, 0.5) is 0 Å². The molecule has 0 saturated heterocycles. The lowest BCUT2D eigenvalue weighted by molar-refractivity contribution is 0.339. The lowest BCUT2D eigenvalue weighted by Crippen LogP contribution is -2.16. The summed E-state index contributed by atoms with van der Waals surface area (Å²) >= 11 is 0. The fraction of sp³-hybridized carbons (Fsp3) is 0.875. The first kappa shape index (κ1) is 15.5. The molecule has 1 aliphatic rings. The third kappa shape index (κ3) is 4.30. The Morgan fingerprint density at radius 3 is 2.75 bits per heavy atom. The molecule has 114 valence electrons. The monoisotopic (exact) mass is 278 g/mol. The molecule has 1 aromatic heterocycles. The standard InChI is InChI=1S/C16H30N4/c1-2-6-14(11-12-17)9-10-16-19-18-13-20(16)15-7-4-3-5-8-15/h13-15H,2-12,17H2,1H3. The van der Waals surface area contributed by atoms with Crippen LogP contribution >= 0.6 is 0 Å². The molecular weight excluding hydrogens is 248 g/mol. The highest BCUT2D eigenvalue weighted by molar-refractivity contribution is 4.91. The summed E-state index contributed by atoms with van der Waals surface area (Å²) in [5, 5.41) is 8.52. The Kier molecular flexibility index (Phi) is 6.51.